The van der Waals surface area contributed by atoms with Crippen LogP contribution in [0.5, 0.6) is 0 Å². The van der Waals surface area contributed by atoms with Gasteiger partial charge in [-0.2, -0.15) is 0 Å². The molecule has 2 atom stereocenters. The molecule has 0 bridgehead atoms. The molecule has 0 saturated heterocycles. The zero-order valence-electron chi connectivity index (χ0n) is 8.01. The molecule has 78 valence electrons. The summed E-state index contributed by atoms with van der Waals surface area (Å²) in [6.45, 7) is 0. The molecule has 3 heteroatoms. The highest BCUT2D eigenvalue weighted by atomic mass is 79.9. The third-order valence-corrected chi connectivity index (χ3v) is 5.76. The zero-order valence-corrected chi connectivity index (χ0v) is 12.0. The summed E-state index contributed by atoms with van der Waals surface area (Å²) < 4.78 is 1.26. The topological polar surface area (TPSA) is 0 Å². The number of rotatable bonds is 2. The highest BCUT2D eigenvalue weighted by Gasteiger charge is 2.23. The standard InChI is InChI=1S/C11H14Br2S/c12-10-4-2-1-3-8(10)7-9-5-6-11(13)14-9/h5-6,8,10H,1-4,7H2. The van der Waals surface area contributed by atoms with Gasteiger partial charge in [-0.15, -0.1) is 11.3 Å². The first-order valence-corrected chi connectivity index (χ1v) is 7.66. The molecule has 0 amide bonds. The maximum absolute atomic E-state index is 3.81. The lowest BCUT2D eigenvalue weighted by Gasteiger charge is -2.26. The summed E-state index contributed by atoms with van der Waals surface area (Å²) in [7, 11) is 0. The van der Waals surface area contributed by atoms with Gasteiger partial charge in [0.05, 0.1) is 3.79 Å². The Kier molecular flexibility index (Phi) is 4.09. The van der Waals surface area contributed by atoms with Gasteiger partial charge in [-0.3, -0.25) is 0 Å². The van der Waals surface area contributed by atoms with E-state index in [0.29, 0.717) is 0 Å². The first kappa shape index (κ1) is 11.2. The van der Waals surface area contributed by atoms with Crippen molar-refractivity contribution < 1.29 is 0 Å². The molecule has 0 N–H and O–H groups in total. The van der Waals surface area contributed by atoms with E-state index in [-0.39, 0.29) is 0 Å². The van der Waals surface area contributed by atoms with Gasteiger partial charge < -0.3 is 0 Å². The van der Waals surface area contributed by atoms with Crippen LogP contribution in [0.1, 0.15) is 30.6 Å². The molecule has 1 aromatic rings. The Morgan fingerprint density at radius 1 is 1.29 bits per heavy atom. The van der Waals surface area contributed by atoms with Crippen LogP contribution in [0.15, 0.2) is 15.9 Å². The van der Waals surface area contributed by atoms with Crippen molar-refractivity contribution in [3.8, 4) is 0 Å². The number of thiophene rings is 1. The van der Waals surface area contributed by atoms with Gasteiger partial charge in [0.15, 0.2) is 0 Å². The Morgan fingerprint density at radius 2 is 2.07 bits per heavy atom. The monoisotopic (exact) mass is 336 g/mol. The van der Waals surface area contributed by atoms with Crippen molar-refractivity contribution in [3.05, 3.63) is 20.8 Å². The maximum atomic E-state index is 3.81. The van der Waals surface area contributed by atoms with Gasteiger partial charge in [-0.1, -0.05) is 28.8 Å². The summed E-state index contributed by atoms with van der Waals surface area (Å²) in [5, 5.41) is 0. The van der Waals surface area contributed by atoms with Crippen molar-refractivity contribution in [2.45, 2.75) is 36.9 Å². The van der Waals surface area contributed by atoms with E-state index in [0.717, 1.165) is 10.7 Å². The van der Waals surface area contributed by atoms with Crippen LogP contribution in [-0.2, 0) is 6.42 Å². The summed E-state index contributed by atoms with van der Waals surface area (Å²) in [5.41, 5.74) is 0. The number of halogens is 2. The summed E-state index contributed by atoms with van der Waals surface area (Å²) in [4.78, 5) is 2.27. The van der Waals surface area contributed by atoms with E-state index in [1.165, 1.54) is 40.8 Å². The van der Waals surface area contributed by atoms with Crippen molar-refractivity contribution in [3.63, 3.8) is 0 Å². The van der Waals surface area contributed by atoms with Crippen LogP contribution in [0, 0.1) is 5.92 Å². The molecule has 1 saturated carbocycles. The molecule has 0 radical (unpaired) electrons. The van der Waals surface area contributed by atoms with Crippen LogP contribution in [0.25, 0.3) is 0 Å². The van der Waals surface area contributed by atoms with Crippen LogP contribution < -0.4 is 0 Å². The lowest BCUT2D eigenvalue weighted by Crippen LogP contribution is -2.20. The van der Waals surface area contributed by atoms with Crippen molar-refractivity contribution in [2.75, 3.05) is 0 Å². The molecule has 1 heterocycles. The van der Waals surface area contributed by atoms with E-state index in [1.54, 1.807) is 0 Å². The SMILES string of the molecule is Brc1ccc(CC2CCCCC2Br)s1. The van der Waals surface area contributed by atoms with Gasteiger partial charge in [0.25, 0.3) is 0 Å². The van der Waals surface area contributed by atoms with E-state index < -0.39 is 0 Å². The van der Waals surface area contributed by atoms with Gasteiger partial charge >= 0.3 is 0 Å². The maximum Gasteiger partial charge on any atom is 0.0701 e. The fourth-order valence-electron chi connectivity index (χ4n) is 2.11. The second-order valence-electron chi connectivity index (χ2n) is 3.97. The van der Waals surface area contributed by atoms with E-state index in [9.17, 15) is 0 Å². The highest BCUT2D eigenvalue weighted by molar-refractivity contribution is 9.11. The fraction of sp³-hybridized carbons (Fsp3) is 0.636. The summed E-state index contributed by atoms with van der Waals surface area (Å²) in [5.74, 6) is 0.856. The average molecular weight is 338 g/mol. The molecule has 1 fully saturated rings. The first-order valence-electron chi connectivity index (χ1n) is 5.14. The number of hydrogen-bond acceptors (Lipinski definition) is 1. The second-order valence-corrected chi connectivity index (χ2v) is 7.69. The predicted molar refractivity (Wildman–Crippen MR) is 70.4 cm³/mol. The van der Waals surface area contributed by atoms with Gasteiger partial charge in [0.1, 0.15) is 0 Å². The lowest BCUT2D eigenvalue weighted by atomic mass is 9.86. The Bertz CT molecular complexity index is 295. The third-order valence-electron chi connectivity index (χ3n) is 2.91. The molecule has 1 aliphatic carbocycles. The van der Waals surface area contributed by atoms with E-state index in [2.05, 4.69) is 44.0 Å². The van der Waals surface area contributed by atoms with E-state index >= 15 is 0 Å². The Labute approximate surface area is 106 Å². The molecule has 0 aliphatic heterocycles. The quantitative estimate of drug-likeness (QED) is 0.665. The van der Waals surface area contributed by atoms with E-state index in [1.807, 2.05) is 11.3 Å². The predicted octanol–water partition coefficient (Wildman–Crippen LogP) is 5.01. The van der Waals surface area contributed by atoms with Gasteiger partial charge in [0.2, 0.25) is 0 Å². The van der Waals surface area contributed by atoms with Crippen molar-refractivity contribution >= 4 is 43.2 Å². The molecule has 14 heavy (non-hydrogen) atoms. The molecule has 1 aromatic heterocycles. The van der Waals surface area contributed by atoms with E-state index in [4.69, 9.17) is 0 Å². The van der Waals surface area contributed by atoms with Crippen molar-refractivity contribution in [1.29, 1.82) is 0 Å². The minimum atomic E-state index is 0.747. The molecule has 2 unspecified atom stereocenters. The summed E-state index contributed by atoms with van der Waals surface area (Å²) in [6, 6.07) is 4.41. The van der Waals surface area contributed by atoms with Gasteiger partial charge in [0, 0.05) is 9.70 Å². The second kappa shape index (κ2) is 5.13. The average Bonchev–Trinajstić information content (AvgIpc) is 2.56. The smallest absolute Gasteiger partial charge is 0.0701 e. The Morgan fingerprint density at radius 3 is 2.71 bits per heavy atom. The fourth-order valence-corrected chi connectivity index (χ4v) is 4.46. The van der Waals surface area contributed by atoms with Crippen LogP contribution in [0.4, 0.5) is 0 Å². The molecular formula is C11H14Br2S. The third kappa shape index (κ3) is 2.83. The van der Waals surface area contributed by atoms with Crippen LogP contribution in [0.3, 0.4) is 0 Å². The van der Waals surface area contributed by atoms with Gasteiger partial charge in [-0.05, 0) is 53.2 Å². The molecule has 0 nitrogen and oxygen atoms in total. The van der Waals surface area contributed by atoms with Crippen LogP contribution >= 0.6 is 43.2 Å². The summed E-state index contributed by atoms with van der Waals surface area (Å²) >= 11 is 9.21. The molecule has 2 rings (SSSR count). The van der Waals surface area contributed by atoms with Gasteiger partial charge in [-0.25, -0.2) is 0 Å². The minimum Gasteiger partial charge on any atom is -0.133 e. The number of alkyl halides is 1. The Balaban J connectivity index is 1.95. The largest absolute Gasteiger partial charge is 0.133 e. The Hall–Kier alpha value is 0.660. The summed E-state index contributed by atoms with van der Waals surface area (Å²) in [6.07, 6.45) is 6.83. The minimum absolute atomic E-state index is 0.747. The van der Waals surface area contributed by atoms with Crippen LogP contribution in [-0.4, -0.2) is 4.83 Å². The normalized spacial score (nSPS) is 27.9. The molecular weight excluding hydrogens is 324 g/mol. The highest BCUT2D eigenvalue weighted by Crippen LogP contribution is 2.34. The molecule has 0 aromatic carbocycles. The van der Waals surface area contributed by atoms with Crippen LogP contribution in [0.2, 0.25) is 0 Å². The molecule has 0 spiro atoms. The zero-order chi connectivity index (χ0) is 9.97. The van der Waals surface area contributed by atoms with Crippen molar-refractivity contribution in [2.24, 2.45) is 5.92 Å². The first-order chi connectivity index (χ1) is 6.75. The lowest BCUT2D eigenvalue weighted by molar-refractivity contribution is 0.375. The number of hydrogen-bond donors (Lipinski definition) is 0. The van der Waals surface area contributed by atoms with Crippen molar-refractivity contribution in [1.82, 2.24) is 0 Å². The molecule has 1 aliphatic rings.